The van der Waals surface area contributed by atoms with Crippen LogP contribution in [0.25, 0.3) is 0 Å². The van der Waals surface area contributed by atoms with Crippen molar-refractivity contribution in [3.8, 4) is 0 Å². The van der Waals surface area contributed by atoms with Gasteiger partial charge in [-0.3, -0.25) is 9.59 Å². The number of Topliss-reactive ketones (excluding diaryl/α,β-unsaturated/α-hetero) is 1. The predicted molar refractivity (Wildman–Crippen MR) is 70.9 cm³/mol. The van der Waals surface area contributed by atoms with Gasteiger partial charge in [0.25, 0.3) is 0 Å². The molecule has 0 radical (unpaired) electrons. The van der Waals surface area contributed by atoms with Crippen molar-refractivity contribution < 1.29 is 9.59 Å². The van der Waals surface area contributed by atoms with Crippen LogP contribution in [-0.4, -0.2) is 24.8 Å². The van der Waals surface area contributed by atoms with Gasteiger partial charge in [0.1, 0.15) is 0 Å². The second-order valence-electron chi connectivity index (χ2n) is 5.37. The number of fused-ring (bicyclic) bond motifs is 1. The quantitative estimate of drug-likeness (QED) is 0.804. The van der Waals surface area contributed by atoms with Crippen molar-refractivity contribution in [3.05, 3.63) is 29.3 Å². The van der Waals surface area contributed by atoms with Gasteiger partial charge in [-0.15, -0.1) is 0 Å². The largest absolute Gasteiger partial charge is 0.321 e. The highest BCUT2D eigenvalue weighted by Crippen LogP contribution is 2.41. The molecular weight excluding hydrogens is 228 g/mol. The molecule has 0 fully saturated rings. The van der Waals surface area contributed by atoms with Gasteiger partial charge in [-0.25, -0.2) is 0 Å². The molecule has 0 saturated carbocycles. The van der Waals surface area contributed by atoms with Crippen molar-refractivity contribution in [1.29, 1.82) is 0 Å². The number of anilines is 1. The molecule has 2 N–H and O–H groups in total. The van der Waals surface area contributed by atoms with E-state index in [4.69, 9.17) is 5.73 Å². The lowest BCUT2D eigenvalue weighted by molar-refractivity contribution is -0.121. The van der Waals surface area contributed by atoms with Crippen LogP contribution in [0.3, 0.4) is 0 Å². The van der Waals surface area contributed by atoms with Crippen molar-refractivity contribution in [3.63, 3.8) is 0 Å². The molecule has 0 bridgehead atoms. The van der Waals surface area contributed by atoms with E-state index >= 15 is 0 Å². The van der Waals surface area contributed by atoms with Crippen LogP contribution >= 0.6 is 0 Å². The molecule has 1 aliphatic heterocycles. The van der Waals surface area contributed by atoms with E-state index in [0.29, 0.717) is 5.56 Å². The first-order valence-electron chi connectivity index (χ1n) is 5.99. The Hall–Kier alpha value is -1.68. The lowest BCUT2D eigenvalue weighted by Gasteiger charge is -2.16. The first kappa shape index (κ1) is 12.8. The van der Waals surface area contributed by atoms with Crippen LogP contribution in [0.2, 0.25) is 0 Å². The molecule has 4 heteroatoms. The van der Waals surface area contributed by atoms with Crippen LogP contribution in [0.4, 0.5) is 5.69 Å². The Morgan fingerprint density at radius 1 is 1.39 bits per heavy atom. The molecule has 1 heterocycles. The second kappa shape index (κ2) is 3.92. The summed E-state index contributed by atoms with van der Waals surface area (Å²) >= 11 is 0. The third-order valence-corrected chi connectivity index (χ3v) is 3.57. The van der Waals surface area contributed by atoms with Crippen molar-refractivity contribution in [1.82, 2.24) is 0 Å². The number of ketones is 1. The Kier molecular flexibility index (Phi) is 2.78. The minimum Gasteiger partial charge on any atom is -0.321 e. The molecular formula is C14H18N2O2. The highest BCUT2D eigenvalue weighted by atomic mass is 16.2. The molecule has 0 aliphatic carbocycles. The third kappa shape index (κ3) is 1.64. The molecule has 0 saturated heterocycles. The number of amides is 1. The van der Waals surface area contributed by atoms with Gasteiger partial charge < -0.3 is 10.6 Å². The van der Waals surface area contributed by atoms with Crippen LogP contribution in [0.1, 0.15) is 36.7 Å². The standard InChI is InChI=1S/C14H18N2O2/c1-8(15)12(17)9-5-6-11-10(7-9)14(2,3)13(18)16(11)4/h5-8H,15H2,1-4H3. The molecule has 2 rings (SSSR count). The number of rotatable bonds is 2. The van der Waals surface area contributed by atoms with Gasteiger partial charge in [0.2, 0.25) is 5.91 Å². The molecule has 1 unspecified atom stereocenters. The molecule has 1 aromatic carbocycles. The highest BCUT2D eigenvalue weighted by molar-refractivity contribution is 6.08. The van der Waals surface area contributed by atoms with Crippen molar-refractivity contribution in [2.24, 2.45) is 5.73 Å². The molecule has 96 valence electrons. The monoisotopic (exact) mass is 246 g/mol. The van der Waals surface area contributed by atoms with Crippen LogP contribution in [0.15, 0.2) is 18.2 Å². The topological polar surface area (TPSA) is 63.4 Å². The van der Waals surface area contributed by atoms with Gasteiger partial charge in [-0.05, 0) is 44.5 Å². The first-order valence-corrected chi connectivity index (χ1v) is 5.99. The third-order valence-electron chi connectivity index (χ3n) is 3.57. The fourth-order valence-corrected chi connectivity index (χ4v) is 2.39. The van der Waals surface area contributed by atoms with E-state index in [1.807, 2.05) is 19.9 Å². The molecule has 1 amide bonds. The number of benzene rings is 1. The predicted octanol–water partition coefficient (Wildman–Crippen LogP) is 1.47. The number of carbonyl (C=O) groups excluding carboxylic acids is 2. The molecule has 1 aliphatic rings. The molecule has 0 aromatic heterocycles. The van der Waals surface area contributed by atoms with Gasteiger partial charge in [0, 0.05) is 18.3 Å². The zero-order valence-corrected chi connectivity index (χ0v) is 11.2. The van der Waals surface area contributed by atoms with E-state index in [-0.39, 0.29) is 11.7 Å². The smallest absolute Gasteiger partial charge is 0.236 e. The Morgan fingerprint density at radius 3 is 2.56 bits per heavy atom. The molecule has 18 heavy (non-hydrogen) atoms. The SMILES string of the molecule is CC(N)C(=O)c1ccc2c(c1)C(C)(C)C(=O)N2C. The van der Waals surface area contributed by atoms with Gasteiger partial charge in [-0.2, -0.15) is 0 Å². The minimum atomic E-state index is -0.585. The van der Waals surface area contributed by atoms with E-state index in [0.717, 1.165) is 11.3 Å². The average molecular weight is 246 g/mol. The van der Waals surface area contributed by atoms with E-state index in [1.165, 1.54) is 0 Å². The fraction of sp³-hybridized carbons (Fsp3) is 0.429. The Balaban J connectivity index is 2.55. The van der Waals surface area contributed by atoms with E-state index in [2.05, 4.69) is 0 Å². The number of nitrogens with two attached hydrogens (primary N) is 1. The highest BCUT2D eigenvalue weighted by Gasteiger charge is 2.42. The Morgan fingerprint density at radius 2 is 2.00 bits per heavy atom. The van der Waals surface area contributed by atoms with E-state index in [1.54, 1.807) is 31.0 Å². The zero-order chi connectivity index (χ0) is 13.7. The van der Waals surface area contributed by atoms with E-state index < -0.39 is 11.5 Å². The number of nitrogens with zero attached hydrogens (tertiary/aromatic N) is 1. The van der Waals surface area contributed by atoms with Crippen LogP contribution < -0.4 is 10.6 Å². The van der Waals surface area contributed by atoms with Gasteiger partial charge in [0.05, 0.1) is 11.5 Å². The van der Waals surface area contributed by atoms with Gasteiger partial charge in [-0.1, -0.05) is 0 Å². The fourth-order valence-electron chi connectivity index (χ4n) is 2.39. The summed E-state index contributed by atoms with van der Waals surface area (Å²) < 4.78 is 0. The maximum Gasteiger partial charge on any atom is 0.236 e. The normalized spacial score (nSPS) is 18.7. The lowest BCUT2D eigenvalue weighted by atomic mass is 9.85. The minimum absolute atomic E-state index is 0.0443. The summed E-state index contributed by atoms with van der Waals surface area (Å²) in [6, 6.07) is 4.82. The number of carbonyl (C=O) groups is 2. The Labute approximate surface area is 107 Å². The summed E-state index contributed by atoms with van der Waals surface area (Å²) in [5.74, 6) is -0.0569. The van der Waals surface area contributed by atoms with Crippen LogP contribution in [0, 0.1) is 0 Å². The molecule has 4 nitrogen and oxygen atoms in total. The number of hydrogen-bond acceptors (Lipinski definition) is 3. The lowest BCUT2D eigenvalue weighted by Crippen LogP contribution is -2.33. The maximum absolute atomic E-state index is 12.1. The maximum atomic E-state index is 12.1. The molecule has 1 aromatic rings. The summed E-state index contributed by atoms with van der Waals surface area (Å²) in [5.41, 5.74) is 7.35. The Bertz CT molecular complexity index is 533. The number of likely N-dealkylation sites (N-methyl/N-ethyl adjacent to an activating group) is 1. The zero-order valence-electron chi connectivity index (χ0n) is 11.2. The van der Waals surface area contributed by atoms with Crippen molar-refractivity contribution in [2.75, 3.05) is 11.9 Å². The summed E-state index contributed by atoms with van der Waals surface area (Å²) in [4.78, 5) is 25.6. The van der Waals surface area contributed by atoms with Gasteiger partial charge >= 0.3 is 0 Å². The summed E-state index contributed by atoms with van der Waals surface area (Å²) in [6.07, 6.45) is 0. The van der Waals surface area contributed by atoms with Crippen molar-refractivity contribution >= 4 is 17.4 Å². The second-order valence-corrected chi connectivity index (χ2v) is 5.37. The van der Waals surface area contributed by atoms with Crippen molar-refractivity contribution in [2.45, 2.75) is 32.2 Å². The van der Waals surface area contributed by atoms with Crippen LogP contribution in [-0.2, 0) is 10.2 Å². The summed E-state index contributed by atoms with van der Waals surface area (Å²) in [6.45, 7) is 5.41. The first-order chi connectivity index (χ1) is 8.26. The van der Waals surface area contributed by atoms with E-state index in [9.17, 15) is 9.59 Å². The average Bonchev–Trinajstić information content (AvgIpc) is 2.50. The summed E-state index contributed by atoms with van der Waals surface area (Å²) in [7, 11) is 1.75. The van der Waals surface area contributed by atoms with Gasteiger partial charge in [0.15, 0.2) is 5.78 Å². The van der Waals surface area contributed by atoms with Crippen LogP contribution in [0.5, 0.6) is 0 Å². The summed E-state index contributed by atoms with van der Waals surface area (Å²) in [5, 5.41) is 0. The molecule has 1 atom stereocenters. The molecule has 0 spiro atoms. The number of hydrogen-bond donors (Lipinski definition) is 1.